The summed E-state index contributed by atoms with van der Waals surface area (Å²) in [6.45, 7) is 8.61. The summed E-state index contributed by atoms with van der Waals surface area (Å²) in [6, 6.07) is 10.8. The van der Waals surface area contributed by atoms with Crippen LogP contribution < -0.4 is 10.2 Å². The van der Waals surface area contributed by atoms with Gasteiger partial charge in [0.1, 0.15) is 17.3 Å². The minimum absolute atomic E-state index is 0.760. The van der Waals surface area contributed by atoms with Crippen LogP contribution in [0.3, 0.4) is 0 Å². The monoisotopic (exact) mass is 335 g/mol. The highest BCUT2D eigenvalue weighted by Crippen LogP contribution is 2.27. The molecule has 1 saturated heterocycles. The van der Waals surface area contributed by atoms with Crippen LogP contribution in [0.15, 0.2) is 30.3 Å². The lowest BCUT2D eigenvalue weighted by atomic mass is 9.99. The van der Waals surface area contributed by atoms with Gasteiger partial charge in [0.05, 0.1) is 5.39 Å². The highest BCUT2D eigenvalue weighted by molar-refractivity contribution is 5.89. The third-order valence-corrected chi connectivity index (χ3v) is 5.01. The first kappa shape index (κ1) is 15.9. The summed E-state index contributed by atoms with van der Waals surface area (Å²) in [4.78, 5) is 14.8. The molecule has 5 nitrogen and oxygen atoms in total. The van der Waals surface area contributed by atoms with Crippen molar-refractivity contribution in [1.82, 2.24) is 15.0 Å². The van der Waals surface area contributed by atoms with Crippen LogP contribution in [0.2, 0.25) is 0 Å². The summed E-state index contributed by atoms with van der Waals surface area (Å²) in [5.74, 6) is 2.47. The van der Waals surface area contributed by atoms with Crippen molar-refractivity contribution in [2.24, 2.45) is 5.92 Å². The van der Waals surface area contributed by atoms with Gasteiger partial charge in [-0.15, -0.1) is 0 Å². The standard InChI is InChI=1S/C20H25N5/c1-13-8-10-25(11-9-13)17-6-4-16(5-7-17)24-20-18-12-14(2)21-19(18)22-15(3)23-20/h4-7,12-13H,8-11H2,1-3H3,(H2,21,22,23,24). The van der Waals surface area contributed by atoms with Gasteiger partial charge in [0.25, 0.3) is 0 Å². The first-order valence-corrected chi connectivity index (χ1v) is 9.04. The van der Waals surface area contributed by atoms with E-state index in [0.717, 1.165) is 53.1 Å². The first-order chi connectivity index (χ1) is 12.1. The van der Waals surface area contributed by atoms with Crippen molar-refractivity contribution in [3.8, 4) is 0 Å². The molecule has 2 aromatic heterocycles. The summed E-state index contributed by atoms with van der Waals surface area (Å²) in [5, 5.41) is 4.47. The fourth-order valence-electron chi connectivity index (χ4n) is 3.51. The summed E-state index contributed by atoms with van der Waals surface area (Å²) in [5.41, 5.74) is 4.32. The van der Waals surface area contributed by atoms with Crippen molar-refractivity contribution in [2.75, 3.05) is 23.3 Å². The number of nitrogens with zero attached hydrogens (tertiary/aromatic N) is 3. The minimum Gasteiger partial charge on any atom is -0.372 e. The molecule has 0 saturated carbocycles. The number of benzene rings is 1. The Bertz CT molecular complexity index is 873. The van der Waals surface area contributed by atoms with E-state index in [1.165, 1.54) is 18.5 Å². The molecule has 1 fully saturated rings. The Hall–Kier alpha value is -2.56. The molecular weight excluding hydrogens is 310 g/mol. The highest BCUT2D eigenvalue weighted by atomic mass is 15.1. The molecule has 130 valence electrons. The summed E-state index contributed by atoms with van der Waals surface area (Å²) >= 11 is 0. The second kappa shape index (κ2) is 6.39. The minimum atomic E-state index is 0.760. The molecule has 1 aliphatic heterocycles. The Labute approximate surface area is 148 Å². The maximum Gasteiger partial charge on any atom is 0.143 e. The van der Waals surface area contributed by atoms with E-state index >= 15 is 0 Å². The van der Waals surface area contributed by atoms with Crippen LogP contribution in [0.1, 0.15) is 31.3 Å². The van der Waals surface area contributed by atoms with Gasteiger partial charge >= 0.3 is 0 Å². The molecular formula is C20H25N5. The zero-order valence-electron chi connectivity index (χ0n) is 15.1. The Morgan fingerprint density at radius 1 is 1.08 bits per heavy atom. The topological polar surface area (TPSA) is 56.8 Å². The number of aryl methyl sites for hydroxylation is 2. The van der Waals surface area contributed by atoms with Crippen molar-refractivity contribution in [1.29, 1.82) is 0 Å². The van der Waals surface area contributed by atoms with Crippen molar-refractivity contribution in [3.05, 3.63) is 41.9 Å². The molecule has 5 heteroatoms. The maximum atomic E-state index is 4.58. The Morgan fingerprint density at radius 2 is 1.80 bits per heavy atom. The molecule has 3 aromatic rings. The van der Waals surface area contributed by atoms with E-state index < -0.39 is 0 Å². The molecule has 25 heavy (non-hydrogen) atoms. The number of H-pyrrole nitrogens is 1. The molecule has 1 aromatic carbocycles. The van der Waals surface area contributed by atoms with Gasteiger partial charge in [-0.25, -0.2) is 9.97 Å². The lowest BCUT2D eigenvalue weighted by Gasteiger charge is -2.32. The van der Waals surface area contributed by atoms with Crippen LogP contribution in [0.25, 0.3) is 11.0 Å². The fraction of sp³-hybridized carbons (Fsp3) is 0.400. The molecule has 0 amide bonds. The Morgan fingerprint density at radius 3 is 2.52 bits per heavy atom. The average Bonchev–Trinajstić information content (AvgIpc) is 2.97. The van der Waals surface area contributed by atoms with Gasteiger partial charge in [-0.1, -0.05) is 6.92 Å². The van der Waals surface area contributed by atoms with E-state index in [2.05, 4.69) is 62.4 Å². The third-order valence-electron chi connectivity index (χ3n) is 5.01. The van der Waals surface area contributed by atoms with Gasteiger partial charge in [-0.05, 0) is 62.9 Å². The molecule has 0 spiro atoms. The van der Waals surface area contributed by atoms with Gasteiger partial charge < -0.3 is 15.2 Å². The van der Waals surface area contributed by atoms with E-state index in [4.69, 9.17) is 0 Å². The van der Waals surface area contributed by atoms with E-state index in [1.54, 1.807) is 0 Å². The van der Waals surface area contributed by atoms with E-state index in [-0.39, 0.29) is 0 Å². The Balaban J connectivity index is 1.55. The van der Waals surface area contributed by atoms with Gasteiger partial charge in [-0.3, -0.25) is 0 Å². The van der Waals surface area contributed by atoms with Crippen LogP contribution in [0, 0.1) is 19.8 Å². The average molecular weight is 335 g/mol. The summed E-state index contributed by atoms with van der Waals surface area (Å²) in [6.07, 6.45) is 2.57. The number of hydrogen-bond donors (Lipinski definition) is 2. The van der Waals surface area contributed by atoms with E-state index in [0.29, 0.717) is 0 Å². The van der Waals surface area contributed by atoms with Crippen molar-refractivity contribution < 1.29 is 0 Å². The van der Waals surface area contributed by atoms with Crippen molar-refractivity contribution in [2.45, 2.75) is 33.6 Å². The molecule has 3 heterocycles. The normalized spacial score (nSPS) is 15.7. The van der Waals surface area contributed by atoms with Gasteiger partial charge in [0, 0.05) is 30.2 Å². The lowest BCUT2D eigenvalue weighted by Crippen LogP contribution is -2.32. The quantitative estimate of drug-likeness (QED) is 0.737. The fourth-order valence-corrected chi connectivity index (χ4v) is 3.51. The van der Waals surface area contributed by atoms with Crippen LogP contribution >= 0.6 is 0 Å². The molecule has 0 bridgehead atoms. The molecule has 0 radical (unpaired) electrons. The second-order valence-electron chi connectivity index (χ2n) is 7.18. The number of rotatable bonds is 3. The number of hydrogen-bond acceptors (Lipinski definition) is 4. The van der Waals surface area contributed by atoms with Gasteiger partial charge in [0.2, 0.25) is 0 Å². The SMILES string of the molecule is Cc1nc(Nc2ccc(N3CCC(C)CC3)cc2)c2cc(C)[nH]c2n1. The predicted octanol–water partition coefficient (Wildman–Crippen LogP) is 4.55. The largest absolute Gasteiger partial charge is 0.372 e. The smallest absolute Gasteiger partial charge is 0.143 e. The third kappa shape index (κ3) is 3.31. The van der Waals surface area contributed by atoms with E-state index in [9.17, 15) is 0 Å². The predicted molar refractivity (Wildman–Crippen MR) is 104 cm³/mol. The molecule has 0 unspecified atom stereocenters. The second-order valence-corrected chi connectivity index (χ2v) is 7.18. The number of aromatic amines is 1. The van der Waals surface area contributed by atoms with Crippen molar-refractivity contribution >= 4 is 28.2 Å². The summed E-state index contributed by atoms with van der Waals surface area (Å²) < 4.78 is 0. The van der Waals surface area contributed by atoms with Gasteiger partial charge in [0.15, 0.2) is 0 Å². The number of anilines is 3. The van der Waals surface area contributed by atoms with Crippen LogP contribution in [-0.2, 0) is 0 Å². The number of aromatic nitrogens is 3. The van der Waals surface area contributed by atoms with Crippen LogP contribution in [-0.4, -0.2) is 28.0 Å². The zero-order valence-corrected chi connectivity index (χ0v) is 15.1. The Kier molecular flexibility index (Phi) is 4.07. The maximum absolute atomic E-state index is 4.58. The molecule has 4 rings (SSSR count). The summed E-state index contributed by atoms with van der Waals surface area (Å²) in [7, 11) is 0. The molecule has 0 atom stereocenters. The zero-order chi connectivity index (χ0) is 17.4. The molecule has 1 aliphatic rings. The van der Waals surface area contributed by atoms with Crippen LogP contribution in [0.5, 0.6) is 0 Å². The lowest BCUT2D eigenvalue weighted by molar-refractivity contribution is 0.438. The number of fused-ring (bicyclic) bond motifs is 1. The van der Waals surface area contributed by atoms with E-state index in [1.807, 2.05) is 13.8 Å². The molecule has 0 aliphatic carbocycles. The number of nitrogens with one attached hydrogen (secondary N) is 2. The van der Waals surface area contributed by atoms with Crippen molar-refractivity contribution in [3.63, 3.8) is 0 Å². The molecule has 2 N–H and O–H groups in total. The first-order valence-electron chi connectivity index (χ1n) is 9.04. The van der Waals surface area contributed by atoms with Gasteiger partial charge in [-0.2, -0.15) is 0 Å². The number of piperidine rings is 1. The highest BCUT2D eigenvalue weighted by Gasteiger charge is 2.16. The van der Waals surface area contributed by atoms with Crippen LogP contribution in [0.4, 0.5) is 17.2 Å².